The maximum Gasteiger partial charge on any atom is 0.471 e. The van der Waals surface area contributed by atoms with Crippen LogP contribution in [0.4, 0.5) is 18.9 Å². The third kappa shape index (κ3) is 5.06. The molecule has 0 spiro atoms. The van der Waals surface area contributed by atoms with Gasteiger partial charge < -0.3 is 5.32 Å². The third-order valence-corrected chi connectivity index (χ3v) is 4.41. The van der Waals surface area contributed by atoms with E-state index in [1.54, 1.807) is 23.5 Å². The Hall–Kier alpha value is -2.88. The summed E-state index contributed by atoms with van der Waals surface area (Å²) < 4.78 is 61.1. The van der Waals surface area contributed by atoms with Gasteiger partial charge in [0.15, 0.2) is 0 Å². The van der Waals surface area contributed by atoms with E-state index >= 15 is 0 Å². The van der Waals surface area contributed by atoms with E-state index in [1.807, 2.05) is 0 Å². The Bertz CT molecular complexity index is 927. The van der Waals surface area contributed by atoms with E-state index in [0.717, 1.165) is 0 Å². The molecule has 0 aliphatic carbocycles. The molecule has 0 fully saturated rings. The summed E-state index contributed by atoms with van der Waals surface area (Å²) >= 11 is 0. The van der Waals surface area contributed by atoms with E-state index in [4.69, 9.17) is 0 Å². The van der Waals surface area contributed by atoms with Crippen LogP contribution in [0.2, 0.25) is 0 Å². The summed E-state index contributed by atoms with van der Waals surface area (Å²) in [6.45, 7) is 1.47. The van der Waals surface area contributed by atoms with Gasteiger partial charge in [0, 0.05) is 5.69 Å². The van der Waals surface area contributed by atoms with Crippen molar-refractivity contribution in [2.45, 2.75) is 18.0 Å². The number of benzene rings is 2. The third-order valence-electron chi connectivity index (χ3n) is 3.18. The molecule has 1 amide bonds. The number of rotatable bonds is 5. The Morgan fingerprint density at radius 1 is 1.04 bits per heavy atom. The molecule has 6 nitrogen and oxygen atoms in total. The second-order valence-corrected chi connectivity index (χ2v) is 6.80. The molecule has 2 rings (SSSR count). The Morgan fingerprint density at radius 3 is 2.31 bits per heavy atom. The summed E-state index contributed by atoms with van der Waals surface area (Å²) in [7, 11) is -3.87. The Morgan fingerprint density at radius 2 is 1.69 bits per heavy atom. The molecule has 0 bridgehead atoms. The first-order chi connectivity index (χ1) is 12.1. The van der Waals surface area contributed by atoms with Crippen molar-refractivity contribution in [2.75, 3.05) is 5.32 Å². The van der Waals surface area contributed by atoms with Crippen LogP contribution in [-0.2, 0) is 14.8 Å². The molecule has 0 heterocycles. The first-order valence-electron chi connectivity index (χ1n) is 7.19. The number of alkyl halides is 3. The summed E-state index contributed by atoms with van der Waals surface area (Å²) in [5.41, 5.74) is 0.443. The number of hydrazone groups is 1. The van der Waals surface area contributed by atoms with Crippen LogP contribution in [0, 0.1) is 0 Å². The zero-order valence-corrected chi connectivity index (χ0v) is 14.2. The molecule has 26 heavy (non-hydrogen) atoms. The molecule has 138 valence electrons. The van der Waals surface area contributed by atoms with Gasteiger partial charge in [0.1, 0.15) is 0 Å². The fourth-order valence-corrected chi connectivity index (χ4v) is 2.75. The van der Waals surface area contributed by atoms with Crippen molar-refractivity contribution < 1.29 is 26.4 Å². The van der Waals surface area contributed by atoms with Crippen molar-refractivity contribution in [3.63, 3.8) is 0 Å². The van der Waals surface area contributed by atoms with Crippen molar-refractivity contribution >= 4 is 27.3 Å². The molecule has 0 aliphatic rings. The predicted molar refractivity (Wildman–Crippen MR) is 90.1 cm³/mol. The fraction of sp³-hybridized carbons (Fsp3) is 0.125. The molecule has 0 aromatic heterocycles. The maximum atomic E-state index is 12.3. The highest BCUT2D eigenvalue weighted by Gasteiger charge is 2.38. The smallest absolute Gasteiger partial charge is 0.318 e. The molecule has 10 heteroatoms. The molecule has 0 atom stereocenters. The number of anilines is 1. The lowest BCUT2D eigenvalue weighted by Gasteiger charge is -2.09. The number of halogens is 3. The van der Waals surface area contributed by atoms with Gasteiger partial charge in [0.05, 0.1) is 10.6 Å². The predicted octanol–water partition coefficient (Wildman–Crippen LogP) is 2.89. The average Bonchev–Trinajstić information content (AvgIpc) is 2.60. The number of carbonyl (C=O) groups excluding carboxylic acids is 1. The van der Waals surface area contributed by atoms with Crippen LogP contribution in [0.25, 0.3) is 0 Å². The molecule has 2 aromatic rings. The largest absolute Gasteiger partial charge is 0.471 e. The molecule has 0 radical (unpaired) electrons. The normalized spacial score (nSPS) is 12.5. The SMILES string of the molecule is C/C(=N/NS(=O)(=O)c1ccccc1)c1cccc(NC(=O)C(F)(F)F)c1. The highest BCUT2D eigenvalue weighted by molar-refractivity contribution is 7.89. The van der Waals surface area contributed by atoms with Crippen molar-refractivity contribution in [3.8, 4) is 0 Å². The zero-order chi connectivity index (χ0) is 19.4. The number of amides is 1. The van der Waals surface area contributed by atoms with E-state index in [0.29, 0.717) is 5.56 Å². The van der Waals surface area contributed by atoms with Crippen LogP contribution in [0.3, 0.4) is 0 Å². The van der Waals surface area contributed by atoms with Gasteiger partial charge in [-0.1, -0.05) is 30.3 Å². The minimum atomic E-state index is -5.01. The molecule has 2 aromatic carbocycles. The van der Waals surface area contributed by atoms with Gasteiger partial charge in [0.25, 0.3) is 10.0 Å². The van der Waals surface area contributed by atoms with Crippen LogP contribution >= 0.6 is 0 Å². The van der Waals surface area contributed by atoms with Gasteiger partial charge in [-0.3, -0.25) is 4.79 Å². The van der Waals surface area contributed by atoms with E-state index in [1.165, 1.54) is 43.3 Å². The van der Waals surface area contributed by atoms with Crippen LogP contribution in [-0.4, -0.2) is 26.2 Å². The second kappa shape index (κ2) is 7.56. The summed E-state index contributed by atoms with van der Waals surface area (Å²) in [6.07, 6.45) is -5.01. The van der Waals surface area contributed by atoms with E-state index in [-0.39, 0.29) is 16.3 Å². The number of sulfonamides is 1. The minimum Gasteiger partial charge on any atom is -0.318 e. The lowest BCUT2D eigenvalue weighted by Crippen LogP contribution is -2.29. The van der Waals surface area contributed by atoms with Crippen molar-refractivity contribution in [1.82, 2.24) is 4.83 Å². The second-order valence-electron chi connectivity index (χ2n) is 5.14. The molecule has 0 saturated carbocycles. The quantitative estimate of drug-likeness (QED) is 0.613. The highest BCUT2D eigenvalue weighted by atomic mass is 32.2. The van der Waals surface area contributed by atoms with Gasteiger partial charge in [-0.15, -0.1) is 0 Å². The van der Waals surface area contributed by atoms with Crippen molar-refractivity contribution in [3.05, 3.63) is 60.2 Å². The summed E-state index contributed by atoms with van der Waals surface area (Å²) in [5.74, 6) is -2.10. The van der Waals surface area contributed by atoms with Gasteiger partial charge in [-0.25, -0.2) is 0 Å². The number of hydrogen-bond acceptors (Lipinski definition) is 4. The van der Waals surface area contributed by atoms with Gasteiger partial charge in [-0.05, 0) is 36.8 Å². The highest BCUT2D eigenvalue weighted by Crippen LogP contribution is 2.19. The van der Waals surface area contributed by atoms with E-state index in [9.17, 15) is 26.4 Å². The molecule has 0 unspecified atom stereocenters. The Labute approximate surface area is 147 Å². The van der Waals surface area contributed by atoms with E-state index in [2.05, 4.69) is 9.93 Å². The Kier molecular flexibility index (Phi) is 5.66. The Balaban J connectivity index is 2.17. The summed E-state index contributed by atoms with van der Waals surface area (Å²) in [6, 6.07) is 13.0. The average molecular weight is 385 g/mol. The summed E-state index contributed by atoms with van der Waals surface area (Å²) in [4.78, 5) is 13.0. The number of nitrogens with zero attached hydrogens (tertiary/aromatic N) is 1. The van der Waals surface area contributed by atoms with Crippen molar-refractivity contribution in [2.24, 2.45) is 5.10 Å². The number of carbonyl (C=O) groups is 1. The van der Waals surface area contributed by atoms with Gasteiger partial charge in [-0.2, -0.15) is 31.5 Å². The standard InChI is InChI=1S/C16H14F3N3O3S/c1-11(21-22-26(24,25)14-8-3-2-4-9-14)12-6-5-7-13(10-12)20-15(23)16(17,18)19/h2-10,22H,1H3,(H,20,23)/b21-11-. The van der Waals surface area contributed by atoms with Crippen LogP contribution < -0.4 is 10.1 Å². The molecular weight excluding hydrogens is 371 g/mol. The number of nitrogens with one attached hydrogen (secondary N) is 2. The molecule has 0 saturated heterocycles. The van der Waals surface area contributed by atoms with Gasteiger partial charge in [0.2, 0.25) is 0 Å². The summed E-state index contributed by atoms with van der Waals surface area (Å²) in [5, 5.41) is 5.47. The fourth-order valence-electron chi connectivity index (χ4n) is 1.87. The molecule has 2 N–H and O–H groups in total. The monoisotopic (exact) mass is 385 g/mol. The first kappa shape index (κ1) is 19.4. The van der Waals surface area contributed by atoms with Crippen LogP contribution in [0.5, 0.6) is 0 Å². The lowest BCUT2D eigenvalue weighted by atomic mass is 10.1. The minimum absolute atomic E-state index is 0.0164. The topological polar surface area (TPSA) is 87.6 Å². The zero-order valence-electron chi connectivity index (χ0n) is 13.4. The first-order valence-corrected chi connectivity index (χ1v) is 8.68. The lowest BCUT2D eigenvalue weighted by molar-refractivity contribution is -0.167. The maximum absolute atomic E-state index is 12.3. The van der Waals surface area contributed by atoms with Gasteiger partial charge >= 0.3 is 12.1 Å². The van der Waals surface area contributed by atoms with Crippen LogP contribution in [0.15, 0.2) is 64.6 Å². The molecule has 0 aliphatic heterocycles. The molecular formula is C16H14F3N3O3S. The number of hydrogen-bond donors (Lipinski definition) is 2. The van der Waals surface area contributed by atoms with Crippen LogP contribution in [0.1, 0.15) is 12.5 Å². The van der Waals surface area contributed by atoms with Crippen molar-refractivity contribution in [1.29, 1.82) is 0 Å². The van der Waals surface area contributed by atoms with E-state index < -0.39 is 22.1 Å².